The zero-order valence-corrected chi connectivity index (χ0v) is 14.6. The summed E-state index contributed by atoms with van der Waals surface area (Å²) >= 11 is 7.02. The SMILES string of the molecule is Brc1ncccc1/C=C(/c1cccnc1)c1cccnc1Br. The molecule has 0 N–H and O–H groups in total. The summed E-state index contributed by atoms with van der Waals surface area (Å²) in [6.07, 6.45) is 9.20. The number of halogens is 2. The molecule has 3 rings (SSSR count). The van der Waals surface area contributed by atoms with Crippen LogP contribution in [0.5, 0.6) is 0 Å². The molecule has 0 spiro atoms. The summed E-state index contributed by atoms with van der Waals surface area (Å²) in [5.41, 5.74) is 4.05. The Balaban J connectivity index is 2.21. The minimum Gasteiger partial charge on any atom is -0.264 e. The van der Waals surface area contributed by atoms with Crippen molar-refractivity contribution in [3.8, 4) is 0 Å². The number of hydrogen-bond donors (Lipinski definition) is 0. The molecule has 0 aliphatic heterocycles. The van der Waals surface area contributed by atoms with Crippen LogP contribution in [0.1, 0.15) is 16.7 Å². The van der Waals surface area contributed by atoms with Crippen molar-refractivity contribution in [3.05, 3.63) is 87.1 Å². The zero-order valence-electron chi connectivity index (χ0n) is 11.4. The molecule has 0 aromatic carbocycles. The first kappa shape index (κ1) is 15.1. The van der Waals surface area contributed by atoms with Gasteiger partial charge in [0.2, 0.25) is 0 Å². The summed E-state index contributed by atoms with van der Waals surface area (Å²) in [6.45, 7) is 0. The van der Waals surface area contributed by atoms with E-state index in [0.29, 0.717) is 0 Å². The van der Waals surface area contributed by atoms with Gasteiger partial charge in [0, 0.05) is 41.5 Å². The lowest BCUT2D eigenvalue weighted by Crippen LogP contribution is -1.93. The van der Waals surface area contributed by atoms with Crippen molar-refractivity contribution in [2.45, 2.75) is 0 Å². The molecule has 0 radical (unpaired) electrons. The average molecular weight is 417 g/mol. The lowest BCUT2D eigenvalue weighted by molar-refractivity contribution is 1.24. The minimum atomic E-state index is 0.796. The quantitative estimate of drug-likeness (QED) is 0.564. The fourth-order valence-corrected chi connectivity index (χ4v) is 2.92. The van der Waals surface area contributed by atoms with E-state index in [9.17, 15) is 0 Å². The van der Waals surface area contributed by atoms with Gasteiger partial charge < -0.3 is 0 Å². The van der Waals surface area contributed by atoms with Crippen molar-refractivity contribution in [2.75, 3.05) is 0 Å². The van der Waals surface area contributed by atoms with Crippen molar-refractivity contribution in [1.29, 1.82) is 0 Å². The highest BCUT2D eigenvalue weighted by Crippen LogP contribution is 2.31. The van der Waals surface area contributed by atoms with Gasteiger partial charge in [-0.25, -0.2) is 9.97 Å². The molecule has 22 heavy (non-hydrogen) atoms. The predicted molar refractivity (Wildman–Crippen MR) is 95.1 cm³/mol. The van der Waals surface area contributed by atoms with Gasteiger partial charge in [-0.05, 0) is 61.7 Å². The highest BCUT2D eigenvalue weighted by molar-refractivity contribution is 9.10. The van der Waals surface area contributed by atoms with Crippen molar-refractivity contribution in [2.24, 2.45) is 0 Å². The first-order chi connectivity index (χ1) is 10.8. The van der Waals surface area contributed by atoms with Gasteiger partial charge in [0.25, 0.3) is 0 Å². The van der Waals surface area contributed by atoms with Crippen molar-refractivity contribution < 1.29 is 0 Å². The molecule has 0 saturated heterocycles. The van der Waals surface area contributed by atoms with Crippen LogP contribution in [0, 0.1) is 0 Å². The molecule has 3 aromatic heterocycles. The van der Waals surface area contributed by atoms with E-state index in [1.807, 2.05) is 42.6 Å². The van der Waals surface area contributed by atoms with Crippen LogP contribution < -0.4 is 0 Å². The van der Waals surface area contributed by atoms with Crippen LogP contribution in [0.15, 0.2) is 70.4 Å². The number of aromatic nitrogens is 3. The Hall–Kier alpha value is -1.85. The Morgan fingerprint density at radius 3 is 2.27 bits per heavy atom. The third-order valence-electron chi connectivity index (χ3n) is 3.11. The first-order valence-corrected chi connectivity index (χ1v) is 8.18. The molecule has 3 heterocycles. The van der Waals surface area contributed by atoms with E-state index in [-0.39, 0.29) is 0 Å². The Morgan fingerprint density at radius 2 is 1.59 bits per heavy atom. The van der Waals surface area contributed by atoms with E-state index in [1.54, 1.807) is 18.6 Å². The summed E-state index contributed by atoms with van der Waals surface area (Å²) in [4.78, 5) is 12.8. The summed E-state index contributed by atoms with van der Waals surface area (Å²) < 4.78 is 1.60. The summed E-state index contributed by atoms with van der Waals surface area (Å²) in [5, 5.41) is 0. The van der Waals surface area contributed by atoms with Crippen LogP contribution in [-0.4, -0.2) is 15.0 Å². The Bertz CT molecular complexity index is 817. The molecule has 108 valence electrons. The van der Waals surface area contributed by atoms with Crippen LogP contribution in [0.25, 0.3) is 11.6 Å². The number of hydrogen-bond acceptors (Lipinski definition) is 3. The van der Waals surface area contributed by atoms with E-state index in [4.69, 9.17) is 0 Å². The zero-order chi connectivity index (χ0) is 15.4. The molecule has 0 aliphatic rings. The molecule has 3 aromatic rings. The Kier molecular flexibility index (Phi) is 4.75. The minimum absolute atomic E-state index is 0.796. The first-order valence-electron chi connectivity index (χ1n) is 6.59. The van der Waals surface area contributed by atoms with Gasteiger partial charge in [-0.3, -0.25) is 4.98 Å². The molecular formula is C17H11Br2N3. The second kappa shape index (κ2) is 6.94. The van der Waals surface area contributed by atoms with E-state index in [2.05, 4.69) is 52.9 Å². The lowest BCUT2D eigenvalue weighted by atomic mass is 9.99. The second-order valence-corrected chi connectivity index (χ2v) is 6.03. The van der Waals surface area contributed by atoms with E-state index < -0.39 is 0 Å². The van der Waals surface area contributed by atoms with Gasteiger partial charge >= 0.3 is 0 Å². The van der Waals surface area contributed by atoms with Crippen LogP contribution in [0.2, 0.25) is 0 Å². The topological polar surface area (TPSA) is 38.7 Å². The molecule has 0 fully saturated rings. The maximum absolute atomic E-state index is 4.32. The lowest BCUT2D eigenvalue weighted by Gasteiger charge is -2.10. The number of rotatable bonds is 3. The smallest absolute Gasteiger partial charge is 0.113 e. The summed E-state index contributed by atoms with van der Waals surface area (Å²) in [7, 11) is 0. The predicted octanol–water partition coefficient (Wildman–Crippen LogP) is 4.99. The fraction of sp³-hybridized carbons (Fsp3) is 0. The number of nitrogens with zero attached hydrogens (tertiary/aromatic N) is 3. The van der Waals surface area contributed by atoms with Crippen LogP contribution in [-0.2, 0) is 0 Å². The summed E-state index contributed by atoms with van der Waals surface area (Å²) in [6, 6.07) is 11.8. The normalized spacial score (nSPS) is 11.5. The fourth-order valence-electron chi connectivity index (χ4n) is 2.09. The maximum atomic E-state index is 4.32. The van der Waals surface area contributed by atoms with Crippen molar-refractivity contribution >= 4 is 43.5 Å². The van der Waals surface area contributed by atoms with Crippen LogP contribution in [0.3, 0.4) is 0 Å². The van der Waals surface area contributed by atoms with Crippen LogP contribution in [0.4, 0.5) is 0 Å². The molecule has 0 saturated carbocycles. The largest absolute Gasteiger partial charge is 0.264 e. The van der Waals surface area contributed by atoms with Gasteiger partial charge in [-0.2, -0.15) is 0 Å². The molecule has 0 atom stereocenters. The van der Waals surface area contributed by atoms with Crippen molar-refractivity contribution in [3.63, 3.8) is 0 Å². The molecule has 0 aliphatic carbocycles. The van der Waals surface area contributed by atoms with Gasteiger partial charge in [0.15, 0.2) is 0 Å². The van der Waals surface area contributed by atoms with Gasteiger partial charge in [0.1, 0.15) is 9.21 Å². The highest BCUT2D eigenvalue weighted by Gasteiger charge is 2.10. The van der Waals surface area contributed by atoms with Gasteiger partial charge in [-0.15, -0.1) is 0 Å². The highest BCUT2D eigenvalue weighted by atomic mass is 79.9. The Morgan fingerprint density at radius 1 is 0.864 bits per heavy atom. The van der Waals surface area contributed by atoms with E-state index in [1.165, 1.54) is 0 Å². The third-order valence-corrected chi connectivity index (χ3v) is 4.40. The standard InChI is InChI=1S/C17H11Br2N3/c18-16-12(4-2-8-21-16)10-15(13-5-1-7-20-11-13)14-6-3-9-22-17(14)19/h1-11H/b15-10-. The third kappa shape index (κ3) is 3.31. The van der Waals surface area contributed by atoms with Gasteiger partial charge in [-0.1, -0.05) is 18.2 Å². The maximum Gasteiger partial charge on any atom is 0.113 e. The molecule has 0 unspecified atom stereocenters. The summed E-state index contributed by atoms with van der Waals surface area (Å²) in [5.74, 6) is 0. The Labute approximate surface area is 145 Å². The monoisotopic (exact) mass is 415 g/mol. The van der Waals surface area contributed by atoms with E-state index >= 15 is 0 Å². The molecule has 0 amide bonds. The molecule has 0 bridgehead atoms. The van der Waals surface area contributed by atoms with Gasteiger partial charge in [0.05, 0.1) is 0 Å². The second-order valence-electron chi connectivity index (χ2n) is 4.52. The molecule has 5 heteroatoms. The van der Waals surface area contributed by atoms with Crippen LogP contribution >= 0.6 is 31.9 Å². The number of pyridine rings is 3. The van der Waals surface area contributed by atoms with Crippen molar-refractivity contribution in [1.82, 2.24) is 15.0 Å². The van der Waals surface area contributed by atoms with E-state index in [0.717, 1.165) is 31.5 Å². The average Bonchev–Trinajstić information content (AvgIpc) is 2.56. The molecular weight excluding hydrogens is 406 g/mol. The molecule has 3 nitrogen and oxygen atoms in total.